The van der Waals surface area contributed by atoms with Crippen LogP contribution in [0.5, 0.6) is 0 Å². The van der Waals surface area contributed by atoms with Crippen molar-refractivity contribution in [3.63, 3.8) is 0 Å². The highest BCUT2D eigenvalue weighted by molar-refractivity contribution is 6.08. The Bertz CT molecular complexity index is 558. The molecule has 140 valence electrons. The number of hydrogen-bond donors (Lipinski definition) is 1. The molecule has 25 heavy (non-hydrogen) atoms. The van der Waals surface area contributed by atoms with Crippen LogP contribution in [0.3, 0.4) is 0 Å². The van der Waals surface area contributed by atoms with Crippen LogP contribution in [0, 0.1) is 0 Å². The maximum Gasteiger partial charge on any atom is 0.425 e. The summed E-state index contributed by atoms with van der Waals surface area (Å²) in [6.45, 7) is 11.2. The molecule has 2 amide bonds. The molecule has 0 fully saturated rings. The number of nitrogens with zero attached hydrogens (tertiary/aromatic N) is 2. The average Bonchev–Trinajstić information content (AvgIpc) is 2.42. The fourth-order valence-electron chi connectivity index (χ4n) is 1.84. The first kappa shape index (κ1) is 20.9. The summed E-state index contributed by atoms with van der Waals surface area (Å²) in [5, 5.41) is 3.06. The van der Waals surface area contributed by atoms with Crippen molar-refractivity contribution in [2.24, 2.45) is 0 Å². The van der Waals surface area contributed by atoms with Gasteiger partial charge in [-0.05, 0) is 73.2 Å². The number of hydrogen-bond acceptors (Lipinski definition) is 6. The Hall–Kier alpha value is -2.15. The quantitative estimate of drug-likeness (QED) is 0.894. The molecule has 7 nitrogen and oxygen atoms in total. The lowest BCUT2D eigenvalue weighted by Crippen LogP contribution is -2.44. The van der Waals surface area contributed by atoms with Crippen LogP contribution < -0.4 is 10.2 Å². The average molecular weight is 351 g/mol. The molecule has 0 aliphatic heterocycles. The van der Waals surface area contributed by atoms with Gasteiger partial charge in [0.25, 0.3) is 0 Å². The second kappa shape index (κ2) is 8.29. The van der Waals surface area contributed by atoms with E-state index < -0.39 is 23.4 Å². The third kappa shape index (κ3) is 7.51. The molecule has 0 atom stereocenters. The predicted octanol–water partition coefficient (Wildman–Crippen LogP) is 3.52. The molecule has 0 aromatic carbocycles. The molecule has 1 heterocycles. The summed E-state index contributed by atoms with van der Waals surface area (Å²) >= 11 is 0. The van der Waals surface area contributed by atoms with E-state index >= 15 is 0 Å². The van der Waals surface area contributed by atoms with Crippen LogP contribution in [-0.2, 0) is 15.9 Å². The Morgan fingerprint density at radius 3 is 1.92 bits per heavy atom. The standard InChI is InChI=1S/C18H29N3O4/c1-17(2,3)24-15(22)21(16(23)25-18(4,5)6)14-9-8-13(12-20-14)10-11-19-7/h8-9,12,19H,10-11H2,1-7H3. The minimum Gasteiger partial charge on any atom is -0.443 e. The summed E-state index contributed by atoms with van der Waals surface area (Å²) in [4.78, 5) is 30.0. The van der Waals surface area contributed by atoms with Crippen LogP contribution in [0.15, 0.2) is 18.3 Å². The van der Waals surface area contributed by atoms with Gasteiger partial charge >= 0.3 is 12.2 Å². The molecule has 0 bridgehead atoms. The molecule has 1 rings (SSSR count). The fourth-order valence-corrected chi connectivity index (χ4v) is 1.84. The normalized spacial score (nSPS) is 11.8. The lowest BCUT2D eigenvalue weighted by molar-refractivity contribution is 0.0429. The van der Waals surface area contributed by atoms with Gasteiger partial charge in [-0.1, -0.05) is 6.07 Å². The number of carbonyl (C=O) groups is 2. The summed E-state index contributed by atoms with van der Waals surface area (Å²) in [6, 6.07) is 3.43. The largest absolute Gasteiger partial charge is 0.443 e. The molecular weight excluding hydrogens is 322 g/mol. The Morgan fingerprint density at radius 1 is 1.04 bits per heavy atom. The van der Waals surface area contributed by atoms with Gasteiger partial charge < -0.3 is 14.8 Å². The zero-order chi connectivity index (χ0) is 19.3. The summed E-state index contributed by atoms with van der Waals surface area (Å²) in [5.41, 5.74) is -0.500. The van der Waals surface area contributed by atoms with Crippen LogP contribution in [-0.4, -0.2) is 42.0 Å². The third-order valence-corrected chi connectivity index (χ3v) is 2.85. The van der Waals surface area contributed by atoms with Crippen LogP contribution in [0.2, 0.25) is 0 Å². The highest BCUT2D eigenvalue weighted by atomic mass is 16.6. The van der Waals surface area contributed by atoms with Crippen molar-refractivity contribution in [1.82, 2.24) is 10.3 Å². The second-order valence-corrected chi connectivity index (χ2v) is 7.67. The van der Waals surface area contributed by atoms with E-state index in [1.165, 1.54) is 0 Å². The summed E-state index contributed by atoms with van der Waals surface area (Å²) in [5.74, 6) is 0.164. The van der Waals surface area contributed by atoms with Crippen LogP contribution in [0.1, 0.15) is 47.1 Å². The summed E-state index contributed by atoms with van der Waals surface area (Å²) in [7, 11) is 1.87. The first-order valence-electron chi connectivity index (χ1n) is 8.28. The molecular formula is C18H29N3O4. The number of ether oxygens (including phenoxy) is 2. The number of aromatic nitrogens is 1. The number of likely N-dealkylation sites (N-methyl/N-ethyl adjacent to an activating group) is 1. The van der Waals surface area contributed by atoms with Crippen LogP contribution >= 0.6 is 0 Å². The molecule has 0 spiro atoms. The smallest absolute Gasteiger partial charge is 0.425 e. The van der Waals surface area contributed by atoms with E-state index in [4.69, 9.17) is 9.47 Å². The van der Waals surface area contributed by atoms with Gasteiger partial charge in [0.2, 0.25) is 0 Å². The maximum atomic E-state index is 12.5. The van der Waals surface area contributed by atoms with E-state index in [1.54, 1.807) is 53.8 Å². The highest BCUT2D eigenvalue weighted by Crippen LogP contribution is 2.20. The molecule has 0 aliphatic rings. The zero-order valence-corrected chi connectivity index (χ0v) is 16.2. The Morgan fingerprint density at radius 2 is 1.56 bits per heavy atom. The van der Waals surface area contributed by atoms with Gasteiger partial charge in [-0.15, -0.1) is 0 Å². The van der Waals surface area contributed by atoms with Crippen molar-refractivity contribution in [3.8, 4) is 0 Å². The third-order valence-electron chi connectivity index (χ3n) is 2.85. The zero-order valence-electron chi connectivity index (χ0n) is 16.2. The minimum absolute atomic E-state index is 0.164. The summed E-state index contributed by atoms with van der Waals surface area (Å²) in [6.07, 6.45) is 0.784. The molecule has 1 aromatic heterocycles. The molecule has 0 aliphatic carbocycles. The van der Waals surface area contributed by atoms with Gasteiger partial charge in [0.15, 0.2) is 0 Å². The van der Waals surface area contributed by atoms with Gasteiger partial charge in [0.05, 0.1) is 0 Å². The van der Waals surface area contributed by atoms with Crippen LogP contribution in [0.4, 0.5) is 15.4 Å². The van der Waals surface area contributed by atoms with Crippen molar-refractivity contribution >= 4 is 18.0 Å². The van der Waals surface area contributed by atoms with Crippen molar-refractivity contribution in [1.29, 1.82) is 0 Å². The number of amides is 2. The van der Waals surface area contributed by atoms with Gasteiger partial charge in [0, 0.05) is 6.20 Å². The molecule has 1 N–H and O–H groups in total. The van der Waals surface area contributed by atoms with Gasteiger partial charge in [-0.25, -0.2) is 14.6 Å². The predicted molar refractivity (Wildman–Crippen MR) is 96.8 cm³/mol. The monoisotopic (exact) mass is 351 g/mol. The molecule has 1 aromatic rings. The fraction of sp³-hybridized carbons (Fsp3) is 0.611. The van der Waals surface area contributed by atoms with Crippen molar-refractivity contribution in [3.05, 3.63) is 23.9 Å². The maximum absolute atomic E-state index is 12.5. The van der Waals surface area contributed by atoms with E-state index in [2.05, 4.69) is 10.3 Å². The SMILES string of the molecule is CNCCc1ccc(N(C(=O)OC(C)(C)C)C(=O)OC(C)(C)C)nc1. The number of rotatable bonds is 4. The van der Waals surface area contributed by atoms with Crippen molar-refractivity contribution in [2.75, 3.05) is 18.5 Å². The highest BCUT2D eigenvalue weighted by Gasteiger charge is 2.33. The minimum atomic E-state index is -0.822. The second-order valence-electron chi connectivity index (χ2n) is 7.67. The van der Waals surface area contributed by atoms with E-state index in [1.807, 2.05) is 13.1 Å². The van der Waals surface area contributed by atoms with Crippen LogP contribution in [0.25, 0.3) is 0 Å². The number of anilines is 1. The number of carbonyl (C=O) groups excluding carboxylic acids is 2. The lowest BCUT2D eigenvalue weighted by atomic mass is 10.2. The molecule has 7 heteroatoms. The molecule has 0 unspecified atom stereocenters. The first-order valence-corrected chi connectivity index (χ1v) is 8.28. The van der Waals surface area contributed by atoms with Gasteiger partial charge in [-0.3, -0.25) is 0 Å². The summed E-state index contributed by atoms with van der Waals surface area (Å²) < 4.78 is 10.6. The lowest BCUT2D eigenvalue weighted by Gasteiger charge is -2.28. The van der Waals surface area contributed by atoms with Gasteiger partial charge in [0.1, 0.15) is 17.0 Å². The number of imide groups is 1. The molecule has 0 radical (unpaired) electrons. The van der Waals surface area contributed by atoms with E-state index in [0.717, 1.165) is 23.4 Å². The Labute approximate surface area is 149 Å². The topological polar surface area (TPSA) is 80.8 Å². The molecule has 0 saturated heterocycles. The molecule has 0 saturated carbocycles. The number of nitrogens with one attached hydrogen (secondary N) is 1. The number of pyridine rings is 1. The van der Waals surface area contributed by atoms with Gasteiger partial charge in [-0.2, -0.15) is 4.90 Å². The van der Waals surface area contributed by atoms with Crippen molar-refractivity contribution < 1.29 is 19.1 Å². The van der Waals surface area contributed by atoms with E-state index in [-0.39, 0.29) is 5.82 Å². The van der Waals surface area contributed by atoms with E-state index in [9.17, 15) is 9.59 Å². The van der Waals surface area contributed by atoms with E-state index in [0.29, 0.717) is 0 Å². The Balaban J connectivity index is 3.08. The first-order chi connectivity index (χ1) is 11.4. The van der Waals surface area contributed by atoms with Crippen molar-refractivity contribution in [2.45, 2.75) is 59.2 Å². The Kier molecular flexibility index (Phi) is 6.93.